The molecule has 10 nitrogen and oxygen atoms in total. The first kappa shape index (κ1) is 26.7. The Labute approximate surface area is 214 Å². The lowest BCUT2D eigenvalue weighted by Gasteiger charge is -2.10. The smallest absolute Gasteiger partial charge is 0.343 e. The molecular weight excluding hydrogens is 478 g/mol. The van der Waals surface area contributed by atoms with Crippen molar-refractivity contribution in [3.63, 3.8) is 0 Å². The predicted octanol–water partition coefficient (Wildman–Crippen LogP) is 3.80. The number of carbonyl (C=O) groups is 3. The number of amides is 2. The van der Waals surface area contributed by atoms with E-state index in [0.29, 0.717) is 34.9 Å². The molecule has 2 N–H and O–H groups in total. The quantitative estimate of drug-likeness (QED) is 0.141. The van der Waals surface area contributed by atoms with E-state index in [4.69, 9.17) is 18.9 Å². The van der Waals surface area contributed by atoms with Crippen molar-refractivity contribution in [3.05, 3.63) is 77.9 Å². The maximum absolute atomic E-state index is 12.5. The van der Waals surface area contributed by atoms with Crippen LogP contribution < -0.4 is 29.7 Å². The molecule has 0 radical (unpaired) electrons. The van der Waals surface area contributed by atoms with E-state index >= 15 is 0 Å². The maximum Gasteiger partial charge on any atom is 0.343 e. The summed E-state index contributed by atoms with van der Waals surface area (Å²) < 4.78 is 21.4. The number of rotatable bonds is 10. The third kappa shape index (κ3) is 7.56. The highest BCUT2D eigenvalue weighted by Crippen LogP contribution is 2.28. The number of carbonyl (C=O) groups excluding carboxylic acids is 3. The molecule has 0 aliphatic rings. The summed E-state index contributed by atoms with van der Waals surface area (Å²) >= 11 is 0. The number of ether oxygens (including phenoxy) is 4. The van der Waals surface area contributed by atoms with Crippen molar-refractivity contribution in [1.82, 2.24) is 5.43 Å². The number of hydrogen-bond donors (Lipinski definition) is 2. The van der Waals surface area contributed by atoms with Crippen LogP contribution in [0, 0.1) is 0 Å². The monoisotopic (exact) mass is 505 g/mol. The van der Waals surface area contributed by atoms with Gasteiger partial charge < -0.3 is 24.3 Å². The molecule has 10 heteroatoms. The van der Waals surface area contributed by atoms with Gasteiger partial charge in [0.1, 0.15) is 11.5 Å². The van der Waals surface area contributed by atoms with Crippen molar-refractivity contribution in [2.24, 2.45) is 5.10 Å². The minimum atomic E-state index is -0.967. The van der Waals surface area contributed by atoms with Crippen LogP contribution in [0.5, 0.6) is 23.0 Å². The summed E-state index contributed by atoms with van der Waals surface area (Å²) in [5, 5.41) is 6.25. The Morgan fingerprint density at radius 3 is 2.30 bits per heavy atom. The summed E-state index contributed by atoms with van der Waals surface area (Å²) in [5.74, 6) is -0.869. The van der Waals surface area contributed by atoms with E-state index < -0.39 is 17.8 Å². The number of nitrogens with one attached hydrogen (secondary N) is 2. The van der Waals surface area contributed by atoms with Gasteiger partial charge in [-0.1, -0.05) is 19.1 Å². The fourth-order valence-corrected chi connectivity index (χ4v) is 3.06. The summed E-state index contributed by atoms with van der Waals surface area (Å²) in [6.07, 6.45) is 2.20. The first-order valence-electron chi connectivity index (χ1n) is 11.4. The Bertz CT molecular complexity index is 1270. The van der Waals surface area contributed by atoms with Crippen LogP contribution in [0.3, 0.4) is 0 Å². The standard InChI is InChI=1S/C27H27N3O7/c1-4-15-36-20-12-10-19(11-13-20)27(33)37-23-14-9-18(16-24(23)35-3)17-28-30-26(32)25(31)29-21-7-5-6-8-22(21)34-2/h5-14,16-17H,4,15H2,1-3H3,(H,29,31)(H,30,32). The number of para-hydroxylation sites is 2. The molecule has 0 spiro atoms. The van der Waals surface area contributed by atoms with Crippen LogP contribution in [0.15, 0.2) is 71.8 Å². The second kappa shape index (κ2) is 13.3. The Hall–Kier alpha value is -4.86. The molecule has 3 aromatic carbocycles. The van der Waals surface area contributed by atoms with Crippen LogP contribution in [-0.4, -0.2) is 44.8 Å². The molecule has 0 heterocycles. The van der Waals surface area contributed by atoms with Gasteiger partial charge in [0.2, 0.25) is 0 Å². The molecule has 0 aromatic heterocycles. The fourth-order valence-electron chi connectivity index (χ4n) is 3.06. The summed E-state index contributed by atoms with van der Waals surface area (Å²) in [7, 11) is 2.88. The third-order valence-corrected chi connectivity index (χ3v) is 4.89. The lowest BCUT2D eigenvalue weighted by Crippen LogP contribution is -2.32. The van der Waals surface area contributed by atoms with Crippen LogP contribution in [0.25, 0.3) is 0 Å². The van der Waals surface area contributed by atoms with Gasteiger partial charge in [-0.3, -0.25) is 9.59 Å². The van der Waals surface area contributed by atoms with E-state index in [-0.39, 0.29) is 11.5 Å². The van der Waals surface area contributed by atoms with Crippen molar-refractivity contribution in [3.8, 4) is 23.0 Å². The van der Waals surface area contributed by atoms with Crippen LogP contribution in [0.2, 0.25) is 0 Å². The molecule has 0 aliphatic heterocycles. The SMILES string of the molecule is CCCOc1ccc(C(=O)Oc2ccc(C=NNC(=O)C(=O)Nc3ccccc3OC)cc2OC)cc1. The molecule has 3 rings (SSSR count). The van der Waals surface area contributed by atoms with E-state index in [1.165, 1.54) is 26.5 Å². The number of anilines is 1. The Kier molecular flexibility index (Phi) is 9.60. The molecule has 0 saturated carbocycles. The molecular formula is C27H27N3O7. The second-order valence-electron chi connectivity index (χ2n) is 7.53. The Morgan fingerprint density at radius 2 is 1.59 bits per heavy atom. The first-order valence-corrected chi connectivity index (χ1v) is 11.4. The molecule has 0 atom stereocenters. The van der Waals surface area contributed by atoms with Gasteiger partial charge in [-0.25, -0.2) is 10.2 Å². The van der Waals surface area contributed by atoms with Crippen LogP contribution in [-0.2, 0) is 9.59 Å². The summed E-state index contributed by atoms with van der Waals surface area (Å²) in [6, 6.07) is 18.0. The minimum Gasteiger partial charge on any atom is -0.495 e. The number of nitrogens with zero attached hydrogens (tertiary/aromatic N) is 1. The van der Waals surface area contributed by atoms with E-state index in [1.54, 1.807) is 60.7 Å². The molecule has 0 unspecified atom stereocenters. The predicted molar refractivity (Wildman–Crippen MR) is 138 cm³/mol. The van der Waals surface area contributed by atoms with Gasteiger partial charge in [-0.05, 0) is 66.6 Å². The average molecular weight is 506 g/mol. The molecule has 192 valence electrons. The third-order valence-electron chi connectivity index (χ3n) is 4.89. The van der Waals surface area contributed by atoms with E-state index in [9.17, 15) is 14.4 Å². The van der Waals surface area contributed by atoms with Crippen molar-refractivity contribution in [1.29, 1.82) is 0 Å². The summed E-state index contributed by atoms with van der Waals surface area (Å²) in [5.41, 5.74) is 3.38. The molecule has 0 saturated heterocycles. The van der Waals surface area contributed by atoms with Crippen LogP contribution >= 0.6 is 0 Å². The number of benzene rings is 3. The summed E-state index contributed by atoms with van der Waals surface area (Å²) in [4.78, 5) is 36.7. The number of hydrogen-bond acceptors (Lipinski definition) is 8. The van der Waals surface area contributed by atoms with Gasteiger partial charge in [0.15, 0.2) is 11.5 Å². The largest absolute Gasteiger partial charge is 0.495 e. The van der Waals surface area contributed by atoms with Gasteiger partial charge >= 0.3 is 17.8 Å². The maximum atomic E-state index is 12.5. The molecule has 0 aliphatic carbocycles. The van der Waals surface area contributed by atoms with Gasteiger partial charge in [-0.15, -0.1) is 0 Å². The molecule has 0 fully saturated rings. The molecule has 2 amide bonds. The fraction of sp³-hybridized carbons (Fsp3) is 0.185. The highest BCUT2D eigenvalue weighted by molar-refractivity contribution is 6.39. The zero-order valence-corrected chi connectivity index (χ0v) is 20.6. The van der Waals surface area contributed by atoms with Crippen LogP contribution in [0.4, 0.5) is 5.69 Å². The highest BCUT2D eigenvalue weighted by Gasteiger charge is 2.16. The molecule has 37 heavy (non-hydrogen) atoms. The number of hydrazone groups is 1. The van der Waals surface area contributed by atoms with Crippen LogP contribution in [0.1, 0.15) is 29.3 Å². The van der Waals surface area contributed by atoms with Crippen molar-refractivity contribution < 1.29 is 33.3 Å². The van der Waals surface area contributed by atoms with Gasteiger partial charge in [0, 0.05) is 0 Å². The van der Waals surface area contributed by atoms with E-state index in [2.05, 4.69) is 15.8 Å². The Balaban J connectivity index is 1.59. The van der Waals surface area contributed by atoms with Gasteiger partial charge in [0.05, 0.1) is 38.3 Å². The number of methoxy groups -OCH3 is 2. The lowest BCUT2D eigenvalue weighted by molar-refractivity contribution is -0.136. The van der Waals surface area contributed by atoms with Gasteiger partial charge in [0.25, 0.3) is 0 Å². The zero-order valence-electron chi connectivity index (χ0n) is 20.6. The van der Waals surface area contributed by atoms with Gasteiger partial charge in [-0.2, -0.15) is 5.10 Å². The highest BCUT2D eigenvalue weighted by atomic mass is 16.6. The zero-order chi connectivity index (χ0) is 26.6. The molecule has 3 aromatic rings. The van der Waals surface area contributed by atoms with Crippen molar-refractivity contribution >= 4 is 29.7 Å². The van der Waals surface area contributed by atoms with E-state index in [0.717, 1.165) is 6.42 Å². The minimum absolute atomic E-state index is 0.205. The second-order valence-corrected chi connectivity index (χ2v) is 7.53. The lowest BCUT2D eigenvalue weighted by atomic mass is 10.2. The molecule has 0 bridgehead atoms. The topological polar surface area (TPSA) is 125 Å². The van der Waals surface area contributed by atoms with Crippen molar-refractivity contribution in [2.45, 2.75) is 13.3 Å². The number of esters is 1. The van der Waals surface area contributed by atoms with Crippen molar-refractivity contribution in [2.75, 3.05) is 26.1 Å². The summed E-state index contributed by atoms with van der Waals surface area (Å²) in [6.45, 7) is 2.60. The first-order chi connectivity index (χ1) is 17.9. The van der Waals surface area contributed by atoms with E-state index in [1.807, 2.05) is 6.92 Å². The normalized spacial score (nSPS) is 10.5. The average Bonchev–Trinajstić information content (AvgIpc) is 2.93. The Morgan fingerprint density at radius 1 is 0.865 bits per heavy atom.